The lowest BCUT2D eigenvalue weighted by molar-refractivity contribution is 0.0696. The first-order valence-electron chi connectivity index (χ1n) is 5.67. The molecule has 0 fully saturated rings. The maximum Gasteiger partial charge on any atom is 0.337 e. The van der Waals surface area contributed by atoms with E-state index in [1.165, 1.54) is 12.1 Å². The van der Waals surface area contributed by atoms with Crippen molar-refractivity contribution in [1.29, 1.82) is 0 Å². The molecule has 108 valence electrons. The fourth-order valence-electron chi connectivity index (χ4n) is 1.64. The van der Waals surface area contributed by atoms with Gasteiger partial charge >= 0.3 is 5.97 Å². The van der Waals surface area contributed by atoms with E-state index in [1.807, 2.05) is 0 Å². The first-order chi connectivity index (χ1) is 9.88. The number of anilines is 1. The second-order valence-electron chi connectivity index (χ2n) is 4.08. The molecule has 0 aliphatic rings. The summed E-state index contributed by atoms with van der Waals surface area (Å²) in [5.74, 6) is -1.51. The van der Waals surface area contributed by atoms with Crippen molar-refractivity contribution >= 4 is 61.0 Å². The van der Waals surface area contributed by atoms with E-state index < -0.39 is 5.97 Å². The number of halogens is 3. The highest BCUT2D eigenvalue weighted by Gasteiger charge is 2.14. The Morgan fingerprint density at radius 2 is 1.76 bits per heavy atom. The lowest BCUT2D eigenvalue weighted by Gasteiger charge is -2.09. The number of nitrogens with one attached hydrogen (secondary N) is 1. The van der Waals surface area contributed by atoms with Crippen LogP contribution in [0, 0.1) is 0 Å². The number of carboxylic acids is 1. The molecule has 0 saturated carbocycles. The molecule has 1 amide bonds. The number of amides is 1. The standard InChI is InChI=1S/C14H8Br2ClNO3/c15-7-1-3-11(16)9(5-7)13(19)18-8-2-4-12(17)10(6-8)14(20)21/h1-6H,(H,18,19)(H,20,21). The molecule has 0 atom stereocenters. The Labute approximate surface area is 142 Å². The smallest absolute Gasteiger partial charge is 0.337 e. The number of carbonyl (C=O) groups is 2. The van der Waals surface area contributed by atoms with E-state index in [4.69, 9.17) is 16.7 Å². The van der Waals surface area contributed by atoms with Crippen molar-refractivity contribution in [3.05, 3.63) is 61.5 Å². The summed E-state index contributed by atoms with van der Waals surface area (Å²) in [5.41, 5.74) is 0.715. The zero-order valence-corrected chi connectivity index (χ0v) is 14.3. The highest BCUT2D eigenvalue weighted by Crippen LogP contribution is 2.24. The number of benzene rings is 2. The average molecular weight is 433 g/mol. The first-order valence-corrected chi connectivity index (χ1v) is 7.64. The van der Waals surface area contributed by atoms with Gasteiger partial charge in [-0.05, 0) is 52.3 Å². The Morgan fingerprint density at radius 3 is 2.43 bits per heavy atom. The van der Waals surface area contributed by atoms with Gasteiger partial charge in [-0.3, -0.25) is 4.79 Å². The van der Waals surface area contributed by atoms with Crippen LogP contribution in [0.2, 0.25) is 5.02 Å². The SMILES string of the molecule is O=C(O)c1cc(NC(=O)c2cc(Br)ccc2Br)ccc1Cl. The molecule has 4 nitrogen and oxygen atoms in total. The summed E-state index contributed by atoms with van der Waals surface area (Å²) in [5, 5.41) is 11.8. The fraction of sp³-hybridized carbons (Fsp3) is 0. The lowest BCUT2D eigenvalue weighted by atomic mass is 10.1. The Morgan fingerprint density at radius 1 is 1.05 bits per heavy atom. The predicted molar refractivity (Wildman–Crippen MR) is 88.2 cm³/mol. The normalized spacial score (nSPS) is 10.2. The number of rotatable bonds is 3. The van der Waals surface area contributed by atoms with Crippen LogP contribution in [0.3, 0.4) is 0 Å². The third-order valence-corrected chi connectivity index (χ3v) is 4.14. The van der Waals surface area contributed by atoms with Crippen molar-refractivity contribution in [2.45, 2.75) is 0 Å². The predicted octanol–water partition coefficient (Wildman–Crippen LogP) is 4.82. The number of carboxylic acid groups (broad SMARTS) is 1. The highest BCUT2D eigenvalue weighted by molar-refractivity contribution is 9.11. The van der Waals surface area contributed by atoms with Gasteiger partial charge in [-0.15, -0.1) is 0 Å². The van der Waals surface area contributed by atoms with Crippen LogP contribution in [-0.4, -0.2) is 17.0 Å². The van der Waals surface area contributed by atoms with E-state index >= 15 is 0 Å². The third-order valence-electron chi connectivity index (χ3n) is 2.63. The molecule has 21 heavy (non-hydrogen) atoms. The maximum atomic E-state index is 12.2. The molecular weight excluding hydrogens is 425 g/mol. The molecule has 0 aliphatic heterocycles. The molecule has 0 bridgehead atoms. The molecule has 2 aromatic rings. The minimum absolute atomic E-state index is 0.0669. The van der Waals surface area contributed by atoms with Crippen molar-refractivity contribution in [2.24, 2.45) is 0 Å². The van der Waals surface area contributed by atoms with Crippen LogP contribution in [0.15, 0.2) is 45.3 Å². The zero-order valence-electron chi connectivity index (χ0n) is 10.4. The van der Waals surface area contributed by atoms with E-state index in [-0.39, 0.29) is 16.5 Å². The van der Waals surface area contributed by atoms with E-state index in [0.29, 0.717) is 15.7 Å². The van der Waals surface area contributed by atoms with Crippen molar-refractivity contribution in [3.8, 4) is 0 Å². The van der Waals surface area contributed by atoms with E-state index in [9.17, 15) is 9.59 Å². The molecule has 7 heteroatoms. The second kappa shape index (κ2) is 6.60. The summed E-state index contributed by atoms with van der Waals surface area (Å²) in [6.07, 6.45) is 0. The van der Waals surface area contributed by atoms with Crippen LogP contribution in [0.5, 0.6) is 0 Å². The Hall–Kier alpha value is -1.37. The molecule has 0 saturated heterocycles. The largest absolute Gasteiger partial charge is 0.478 e. The average Bonchev–Trinajstić information content (AvgIpc) is 2.43. The van der Waals surface area contributed by atoms with Crippen LogP contribution in [0.25, 0.3) is 0 Å². The fourth-order valence-corrected chi connectivity index (χ4v) is 2.62. The summed E-state index contributed by atoms with van der Waals surface area (Å²) in [6, 6.07) is 9.48. The summed E-state index contributed by atoms with van der Waals surface area (Å²) < 4.78 is 1.40. The van der Waals surface area contributed by atoms with Crippen LogP contribution >= 0.6 is 43.5 Å². The van der Waals surface area contributed by atoms with Gasteiger partial charge in [0.1, 0.15) is 0 Å². The van der Waals surface area contributed by atoms with Gasteiger partial charge in [-0.1, -0.05) is 27.5 Å². The molecule has 0 spiro atoms. The van der Waals surface area contributed by atoms with E-state index in [0.717, 1.165) is 4.47 Å². The number of carbonyl (C=O) groups excluding carboxylic acids is 1. The Bertz CT molecular complexity index is 734. The minimum Gasteiger partial charge on any atom is -0.478 e. The molecular formula is C14H8Br2ClNO3. The zero-order chi connectivity index (χ0) is 15.6. The molecule has 0 radical (unpaired) electrons. The van der Waals surface area contributed by atoms with Crippen LogP contribution < -0.4 is 5.32 Å². The molecule has 2 aromatic carbocycles. The summed E-state index contributed by atoms with van der Waals surface area (Å²) in [7, 11) is 0. The third kappa shape index (κ3) is 3.84. The molecule has 0 heterocycles. The lowest BCUT2D eigenvalue weighted by Crippen LogP contribution is -2.13. The van der Waals surface area contributed by atoms with Crippen LogP contribution in [0.1, 0.15) is 20.7 Å². The van der Waals surface area contributed by atoms with Gasteiger partial charge in [0, 0.05) is 14.6 Å². The van der Waals surface area contributed by atoms with Crippen molar-refractivity contribution in [1.82, 2.24) is 0 Å². The molecule has 2 rings (SSSR count). The van der Waals surface area contributed by atoms with Crippen molar-refractivity contribution in [3.63, 3.8) is 0 Å². The maximum absolute atomic E-state index is 12.2. The van der Waals surface area contributed by atoms with Crippen LogP contribution in [-0.2, 0) is 0 Å². The van der Waals surface area contributed by atoms with Gasteiger partial charge in [0.05, 0.1) is 16.1 Å². The summed E-state index contributed by atoms with van der Waals surface area (Å²) in [4.78, 5) is 23.2. The number of aromatic carboxylic acids is 1. The van der Waals surface area contributed by atoms with Gasteiger partial charge < -0.3 is 10.4 Å². The van der Waals surface area contributed by atoms with Crippen LogP contribution in [0.4, 0.5) is 5.69 Å². The first kappa shape index (κ1) is 16.0. The topological polar surface area (TPSA) is 66.4 Å². The summed E-state index contributed by atoms with van der Waals surface area (Å²) in [6.45, 7) is 0. The Kier molecular flexibility index (Phi) is 5.03. The van der Waals surface area contributed by atoms with Crippen molar-refractivity contribution < 1.29 is 14.7 Å². The van der Waals surface area contributed by atoms with Crippen molar-refractivity contribution in [2.75, 3.05) is 5.32 Å². The van der Waals surface area contributed by atoms with E-state index in [2.05, 4.69) is 37.2 Å². The van der Waals surface area contributed by atoms with Gasteiger partial charge in [0.25, 0.3) is 5.91 Å². The molecule has 2 N–H and O–H groups in total. The van der Waals surface area contributed by atoms with Gasteiger partial charge in [-0.25, -0.2) is 4.79 Å². The van der Waals surface area contributed by atoms with E-state index in [1.54, 1.807) is 24.3 Å². The highest BCUT2D eigenvalue weighted by atomic mass is 79.9. The van der Waals surface area contributed by atoms with Gasteiger partial charge in [-0.2, -0.15) is 0 Å². The second-order valence-corrected chi connectivity index (χ2v) is 6.26. The Balaban J connectivity index is 2.29. The minimum atomic E-state index is -1.15. The van der Waals surface area contributed by atoms with Gasteiger partial charge in [0.15, 0.2) is 0 Å². The molecule has 0 aliphatic carbocycles. The quantitative estimate of drug-likeness (QED) is 0.730. The molecule has 0 aromatic heterocycles. The number of hydrogen-bond donors (Lipinski definition) is 2. The molecule has 0 unspecified atom stereocenters. The van der Waals surface area contributed by atoms with Gasteiger partial charge in [0.2, 0.25) is 0 Å². The number of hydrogen-bond acceptors (Lipinski definition) is 2. The summed E-state index contributed by atoms with van der Waals surface area (Å²) >= 11 is 12.4. The monoisotopic (exact) mass is 431 g/mol.